The Morgan fingerprint density at radius 3 is 2.67 bits per heavy atom. The third kappa shape index (κ3) is 2.92. The van der Waals surface area contributed by atoms with Gasteiger partial charge in [-0.25, -0.2) is 0 Å². The summed E-state index contributed by atoms with van der Waals surface area (Å²) < 4.78 is 1.48. The summed E-state index contributed by atoms with van der Waals surface area (Å²) in [5.41, 5.74) is -0.182. The Labute approximate surface area is 93.8 Å². The van der Waals surface area contributed by atoms with E-state index < -0.39 is 5.54 Å². The predicted molar refractivity (Wildman–Crippen MR) is 57.9 cm³/mol. The second kappa shape index (κ2) is 4.18. The number of hydrogen-bond donors (Lipinski definition) is 1. The molecule has 1 aromatic heterocycles. The van der Waals surface area contributed by atoms with E-state index >= 15 is 0 Å². The molecule has 1 N–H and O–H groups in total. The number of alkyl halides is 1. The second-order valence-corrected chi connectivity index (χ2v) is 4.72. The van der Waals surface area contributed by atoms with Crippen LogP contribution in [0.15, 0.2) is 6.20 Å². The van der Waals surface area contributed by atoms with E-state index in [0.29, 0.717) is 5.69 Å². The lowest BCUT2D eigenvalue weighted by atomic mass is 10.0. The van der Waals surface area contributed by atoms with Crippen LogP contribution < -0.4 is 5.32 Å². The number of carbonyl (C=O) groups excluding carboxylic acids is 1. The maximum atomic E-state index is 11.7. The summed E-state index contributed by atoms with van der Waals surface area (Å²) in [6.45, 7) is 5.55. The molecule has 15 heavy (non-hydrogen) atoms. The number of aryl methyl sites for hydroxylation is 1. The number of amides is 1. The maximum absolute atomic E-state index is 11.7. The number of halogens is 1. The molecule has 1 amide bonds. The fraction of sp³-hybridized carbons (Fsp3) is 0.667. The van der Waals surface area contributed by atoms with Gasteiger partial charge < -0.3 is 5.32 Å². The fourth-order valence-corrected chi connectivity index (χ4v) is 0.962. The standard InChI is InChI=1S/C9H15ClN4O/c1-6(10)9(2,3)11-8(15)7-5-14(4)13-12-7/h5-6H,1-4H3,(H,11,15). The Bertz CT molecular complexity index is 359. The van der Waals surface area contributed by atoms with Gasteiger partial charge in [0.15, 0.2) is 5.69 Å². The van der Waals surface area contributed by atoms with E-state index in [-0.39, 0.29) is 11.3 Å². The Morgan fingerprint density at radius 2 is 2.27 bits per heavy atom. The molecule has 5 nitrogen and oxygen atoms in total. The van der Waals surface area contributed by atoms with E-state index in [9.17, 15) is 4.79 Å². The van der Waals surface area contributed by atoms with Crippen LogP contribution in [0.5, 0.6) is 0 Å². The average molecular weight is 231 g/mol. The molecule has 0 aliphatic rings. The number of nitrogens with zero attached hydrogens (tertiary/aromatic N) is 3. The molecule has 0 saturated heterocycles. The van der Waals surface area contributed by atoms with Gasteiger partial charge in [-0.3, -0.25) is 9.48 Å². The summed E-state index contributed by atoms with van der Waals surface area (Å²) in [6, 6.07) is 0. The minimum absolute atomic E-state index is 0.168. The zero-order chi connectivity index (χ0) is 11.6. The van der Waals surface area contributed by atoms with E-state index in [4.69, 9.17) is 11.6 Å². The smallest absolute Gasteiger partial charge is 0.273 e. The molecular weight excluding hydrogens is 216 g/mol. The van der Waals surface area contributed by atoms with Crippen molar-refractivity contribution in [1.29, 1.82) is 0 Å². The van der Waals surface area contributed by atoms with E-state index in [1.807, 2.05) is 20.8 Å². The van der Waals surface area contributed by atoms with Crippen LogP contribution in [0.2, 0.25) is 0 Å². The maximum Gasteiger partial charge on any atom is 0.273 e. The summed E-state index contributed by atoms with van der Waals surface area (Å²) in [4.78, 5) is 11.7. The highest BCUT2D eigenvalue weighted by Gasteiger charge is 2.27. The molecule has 0 fully saturated rings. The molecule has 0 spiro atoms. The van der Waals surface area contributed by atoms with Crippen LogP contribution in [0.1, 0.15) is 31.3 Å². The third-order valence-electron chi connectivity index (χ3n) is 2.27. The van der Waals surface area contributed by atoms with Crippen molar-refractivity contribution in [1.82, 2.24) is 20.3 Å². The van der Waals surface area contributed by atoms with Crippen molar-refractivity contribution in [2.45, 2.75) is 31.7 Å². The number of hydrogen-bond acceptors (Lipinski definition) is 3. The van der Waals surface area contributed by atoms with Crippen LogP contribution in [-0.2, 0) is 7.05 Å². The number of rotatable bonds is 3. The summed E-state index contributed by atoms with van der Waals surface area (Å²) in [5.74, 6) is -0.263. The molecule has 1 heterocycles. The Morgan fingerprint density at radius 1 is 1.67 bits per heavy atom. The zero-order valence-corrected chi connectivity index (χ0v) is 10.0. The predicted octanol–water partition coefficient (Wildman–Crippen LogP) is 0.951. The first kappa shape index (κ1) is 12.0. The van der Waals surface area contributed by atoms with Gasteiger partial charge in [0.05, 0.1) is 17.1 Å². The van der Waals surface area contributed by atoms with Crippen LogP contribution in [0.25, 0.3) is 0 Å². The molecule has 84 valence electrons. The van der Waals surface area contributed by atoms with Crippen molar-refractivity contribution >= 4 is 17.5 Å². The first-order chi connectivity index (χ1) is 6.83. The van der Waals surface area contributed by atoms with Crippen molar-refractivity contribution in [2.24, 2.45) is 7.05 Å². The molecule has 1 atom stereocenters. The van der Waals surface area contributed by atoms with Gasteiger partial charge in [0.1, 0.15) is 0 Å². The van der Waals surface area contributed by atoms with E-state index in [2.05, 4.69) is 15.6 Å². The molecule has 1 rings (SSSR count). The van der Waals surface area contributed by atoms with Gasteiger partial charge in [-0.15, -0.1) is 16.7 Å². The van der Waals surface area contributed by atoms with Gasteiger partial charge in [-0.2, -0.15) is 0 Å². The minimum atomic E-state index is -0.476. The van der Waals surface area contributed by atoms with Crippen molar-refractivity contribution in [3.8, 4) is 0 Å². The topological polar surface area (TPSA) is 59.8 Å². The fourth-order valence-electron chi connectivity index (χ4n) is 0.907. The van der Waals surface area contributed by atoms with E-state index in [0.717, 1.165) is 0 Å². The summed E-state index contributed by atoms with van der Waals surface area (Å²) >= 11 is 5.95. The first-order valence-corrected chi connectivity index (χ1v) is 5.09. The summed E-state index contributed by atoms with van der Waals surface area (Å²) in [7, 11) is 1.71. The Balaban J connectivity index is 2.72. The summed E-state index contributed by atoms with van der Waals surface area (Å²) in [6.07, 6.45) is 1.56. The van der Waals surface area contributed by atoms with Crippen LogP contribution in [0, 0.1) is 0 Å². The molecule has 1 unspecified atom stereocenters. The van der Waals surface area contributed by atoms with Crippen LogP contribution in [-0.4, -0.2) is 31.8 Å². The van der Waals surface area contributed by atoms with Gasteiger partial charge in [0, 0.05) is 7.05 Å². The highest BCUT2D eigenvalue weighted by Crippen LogP contribution is 2.15. The van der Waals surface area contributed by atoms with Crippen LogP contribution in [0.3, 0.4) is 0 Å². The van der Waals surface area contributed by atoms with Gasteiger partial charge >= 0.3 is 0 Å². The first-order valence-electron chi connectivity index (χ1n) is 4.66. The van der Waals surface area contributed by atoms with Gasteiger partial charge in [-0.1, -0.05) is 5.21 Å². The van der Waals surface area contributed by atoms with Gasteiger partial charge in [-0.05, 0) is 20.8 Å². The number of aromatic nitrogens is 3. The third-order valence-corrected chi connectivity index (χ3v) is 2.81. The summed E-state index contributed by atoms with van der Waals surface area (Å²) in [5, 5.41) is 10.0. The molecule has 0 aromatic carbocycles. The van der Waals surface area contributed by atoms with Crippen LogP contribution >= 0.6 is 11.6 Å². The van der Waals surface area contributed by atoms with Gasteiger partial charge in [0.25, 0.3) is 5.91 Å². The van der Waals surface area contributed by atoms with E-state index in [1.54, 1.807) is 13.2 Å². The molecular formula is C9H15ClN4O. The molecule has 6 heteroatoms. The second-order valence-electron chi connectivity index (χ2n) is 4.07. The quantitative estimate of drug-likeness (QED) is 0.787. The monoisotopic (exact) mass is 230 g/mol. The largest absolute Gasteiger partial charge is 0.344 e. The highest BCUT2D eigenvalue weighted by molar-refractivity contribution is 6.21. The Kier molecular flexibility index (Phi) is 3.34. The lowest BCUT2D eigenvalue weighted by Gasteiger charge is -2.28. The van der Waals surface area contributed by atoms with Crippen molar-refractivity contribution in [3.63, 3.8) is 0 Å². The molecule has 0 radical (unpaired) electrons. The van der Waals surface area contributed by atoms with Crippen molar-refractivity contribution in [3.05, 3.63) is 11.9 Å². The average Bonchev–Trinajstić information content (AvgIpc) is 2.50. The number of nitrogens with one attached hydrogen (secondary N) is 1. The van der Waals surface area contributed by atoms with Gasteiger partial charge in [0.2, 0.25) is 0 Å². The molecule has 0 bridgehead atoms. The lowest BCUT2D eigenvalue weighted by molar-refractivity contribution is 0.0907. The number of carbonyl (C=O) groups is 1. The zero-order valence-electron chi connectivity index (χ0n) is 9.28. The van der Waals surface area contributed by atoms with Crippen molar-refractivity contribution < 1.29 is 4.79 Å². The molecule has 1 aromatic rings. The lowest BCUT2D eigenvalue weighted by Crippen LogP contribution is -2.49. The normalized spacial score (nSPS) is 13.7. The van der Waals surface area contributed by atoms with Crippen molar-refractivity contribution in [2.75, 3.05) is 0 Å². The highest BCUT2D eigenvalue weighted by atomic mass is 35.5. The molecule has 0 aliphatic heterocycles. The Hall–Kier alpha value is -1.10. The van der Waals surface area contributed by atoms with Crippen LogP contribution in [0.4, 0.5) is 0 Å². The minimum Gasteiger partial charge on any atom is -0.344 e. The molecule has 0 saturated carbocycles. The molecule has 0 aliphatic carbocycles. The van der Waals surface area contributed by atoms with E-state index in [1.165, 1.54) is 4.68 Å². The SMILES string of the molecule is CC(Cl)C(C)(C)NC(=O)c1cn(C)nn1.